The molecule has 2 heterocycles. The molecule has 1 aromatic heterocycles. The minimum Gasteiger partial charge on any atom is -0.354 e. The van der Waals surface area contributed by atoms with Gasteiger partial charge in [0.15, 0.2) is 11.4 Å². The third-order valence-corrected chi connectivity index (χ3v) is 4.75. The second-order valence-electron chi connectivity index (χ2n) is 6.16. The molecule has 24 heavy (non-hydrogen) atoms. The molecular formula is C18H26N4O2. The monoisotopic (exact) mass is 330 g/mol. The van der Waals surface area contributed by atoms with Crippen LogP contribution in [0.2, 0.25) is 0 Å². The van der Waals surface area contributed by atoms with Crippen LogP contribution in [0.5, 0.6) is 0 Å². The standard InChI is InChI=1S/C18H26N4O2/c1-3-17(23)21(4-2)12-9-20-10-13-22(14-11-20)18-15-7-5-6-8-16(15)24-19-18/h5-8H,3-4,9-14H2,1-2H3. The summed E-state index contributed by atoms with van der Waals surface area (Å²) in [6, 6.07) is 7.99. The van der Waals surface area contributed by atoms with Gasteiger partial charge in [-0.05, 0) is 19.1 Å². The lowest BCUT2D eigenvalue weighted by molar-refractivity contribution is -0.130. The smallest absolute Gasteiger partial charge is 0.222 e. The number of carbonyl (C=O) groups excluding carboxylic acids is 1. The molecule has 0 spiro atoms. The highest BCUT2D eigenvalue weighted by Crippen LogP contribution is 2.26. The van der Waals surface area contributed by atoms with E-state index in [2.05, 4.69) is 21.0 Å². The Morgan fingerprint density at radius 3 is 2.67 bits per heavy atom. The average molecular weight is 330 g/mol. The van der Waals surface area contributed by atoms with Crippen molar-refractivity contribution in [2.24, 2.45) is 0 Å². The first-order valence-corrected chi connectivity index (χ1v) is 8.82. The highest BCUT2D eigenvalue weighted by Gasteiger charge is 2.22. The van der Waals surface area contributed by atoms with E-state index in [1.807, 2.05) is 36.9 Å². The molecule has 0 bridgehead atoms. The van der Waals surface area contributed by atoms with Gasteiger partial charge in [0.25, 0.3) is 0 Å². The number of fused-ring (bicyclic) bond motifs is 1. The van der Waals surface area contributed by atoms with Crippen LogP contribution in [0.1, 0.15) is 20.3 Å². The molecule has 3 rings (SSSR count). The third kappa shape index (κ3) is 3.53. The van der Waals surface area contributed by atoms with E-state index in [0.717, 1.165) is 62.6 Å². The predicted octanol–water partition coefficient (Wildman–Crippen LogP) is 2.21. The summed E-state index contributed by atoms with van der Waals surface area (Å²) in [5.41, 5.74) is 0.839. The molecule has 1 fully saturated rings. The topological polar surface area (TPSA) is 52.8 Å². The number of hydrogen-bond acceptors (Lipinski definition) is 5. The van der Waals surface area contributed by atoms with Gasteiger partial charge in [-0.2, -0.15) is 0 Å². The molecule has 0 unspecified atom stereocenters. The molecule has 6 heteroatoms. The number of anilines is 1. The van der Waals surface area contributed by atoms with Gasteiger partial charge in [-0.25, -0.2) is 0 Å². The van der Waals surface area contributed by atoms with E-state index in [-0.39, 0.29) is 5.91 Å². The summed E-state index contributed by atoms with van der Waals surface area (Å²) in [5, 5.41) is 5.33. The van der Waals surface area contributed by atoms with Crippen molar-refractivity contribution in [1.29, 1.82) is 0 Å². The number of likely N-dealkylation sites (N-methyl/N-ethyl adjacent to an activating group) is 1. The van der Waals surface area contributed by atoms with E-state index >= 15 is 0 Å². The van der Waals surface area contributed by atoms with Gasteiger partial charge in [-0.15, -0.1) is 0 Å². The maximum Gasteiger partial charge on any atom is 0.222 e. The second kappa shape index (κ2) is 7.66. The molecule has 0 N–H and O–H groups in total. The molecule has 0 saturated carbocycles. The van der Waals surface area contributed by atoms with Crippen LogP contribution in [0.15, 0.2) is 28.8 Å². The van der Waals surface area contributed by atoms with Gasteiger partial charge >= 0.3 is 0 Å². The number of benzene rings is 1. The molecule has 1 aromatic carbocycles. The fourth-order valence-corrected chi connectivity index (χ4v) is 3.23. The number of piperazine rings is 1. The summed E-state index contributed by atoms with van der Waals surface area (Å²) in [4.78, 5) is 18.5. The first-order valence-electron chi connectivity index (χ1n) is 8.82. The molecule has 1 aliphatic heterocycles. The van der Waals surface area contributed by atoms with E-state index in [1.165, 1.54) is 0 Å². The largest absolute Gasteiger partial charge is 0.354 e. The van der Waals surface area contributed by atoms with Gasteiger partial charge < -0.3 is 14.3 Å². The predicted molar refractivity (Wildman–Crippen MR) is 95.2 cm³/mol. The van der Waals surface area contributed by atoms with Crippen molar-refractivity contribution in [2.75, 3.05) is 50.7 Å². The SMILES string of the molecule is CCC(=O)N(CC)CCN1CCN(c2noc3ccccc23)CC1. The number of aromatic nitrogens is 1. The van der Waals surface area contributed by atoms with Crippen molar-refractivity contribution in [3.8, 4) is 0 Å². The van der Waals surface area contributed by atoms with Crippen LogP contribution in [-0.4, -0.2) is 66.7 Å². The highest BCUT2D eigenvalue weighted by atomic mass is 16.5. The van der Waals surface area contributed by atoms with Crippen LogP contribution in [0.4, 0.5) is 5.82 Å². The van der Waals surface area contributed by atoms with Gasteiger partial charge in [0.2, 0.25) is 5.91 Å². The summed E-state index contributed by atoms with van der Waals surface area (Å²) in [7, 11) is 0. The van der Waals surface area contributed by atoms with Crippen molar-refractivity contribution in [1.82, 2.24) is 15.0 Å². The van der Waals surface area contributed by atoms with Crippen molar-refractivity contribution in [3.63, 3.8) is 0 Å². The number of nitrogens with zero attached hydrogens (tertiary/aromatic N) is 4. The zero-order valence-electron chi connectivity index (χ0n) is 14.6. The number of rotatable bonds is 6. The van der Waals surface area contributed by atoms with Crippen molar-refractivity contribution < 1.29 is 9.32 Å². The van der Waals surface area contributed by atoms with E-state index < -0.39 is 0 Å². The first-order chi connectivity index (χ1) is 11.7. The van der Waals surface area contributed by atoms with Gasteiger partial charge in [0.1, 0.15) is 0 Å². The van der Waals surface area contributed by atoms with Crippen molar-refractivity contribution in [2.45, 2.75) is 20.3 Å². The lowest BCUT2D eigenvalue weighted by atomic mass is 10.2. The molecule has 0 aliphatic carbocycles. The quantitative estimate of drug-likeness (QED) is 0.813. The second-order valence-corrected chi connectivity index (χ2v) is 6.16. The number of amides is 1. The Morgan fingerprint density at radius 2 is 1.96 bits per heavy atom. The van der Waals surface area contributed by atoms with Crippen LogP contribution >= 0.6 is 0 Å². The van der Waals surface area contributed by atoms with E-state index in [9.17, 15) is 4.79 Å². The maximum atomic E-state index is 11.8. The Morgan fingerprint density at radius 1 is 1.21 bits per heavy atom. The van der Waals surface area contributed by atoms with Gasteiger partial charge in [-0.3, -0.25) is 9.69 Å². The average Bonchev–Trinajstić information content (AvgIpc) is 3.06. The van der Waals surface area contributed by atoms with E-state index in [4.69, 9.17) is 4.52 Å². The molecule has 2 aromatic rings. The molecule has 1 amide bonds. The Hall–Kier alpha value is -2.08. The zero-order valence-corrected chi connectivity index (χ0v) is 14.6. The van der Waals surface area contributed by atoms with E-state index in [1.54, 1.807) is 0 Å². The molecule has 130 valence electrons. The highest BCUT2D eigenvalue weighted by molar-refractivity contribution is 5.88. The van der Waals surface area contributed by atoms with Crippen molar-refractivity contribution >= 4 is 22.7 Å². The maximum absolute atomic E-state index is 11.8. The lowest BCUT2D eigenvalue weighted by Crippen LogP contribution is -2.49. The van der Waals surface area contributed by atoms with Crippen LogP contribution in [0.25, 0.3) is 11.0 Å². The molecule has 6 nitrogen and oxygen atoms in total. The van der Waals surface area contributed by atoms with Crippen LogP contribution in [-0.2, 0) is 4.79 Å². The fraction of sp³-hybridized carbons (Fsp3) is 0.556. The first kappa shape index (κ1) is 16.8. The number of carbonyl (C=O) groups is 1. The van der Waals surface area contributed by atoms with Crippen molar-refractivity contribution in [3.05, 3.63) is 24.3 Å². The molecule has 0 radical (unpaired) electrons. The summed E-state index contributed by atoms with van der Waals surface area (Å²) in [6.07, 6.45) is 0.584. The molecule has 0 atom stereocenters. The molecule has 1 saturated heterocycles. The van der Waals surface area contributed by atoms with Gasteiger partial charge in [0.05, 0.1) is 5.39 Å². The molecular weight excluding hydrogens is 304 g/mol. The summed E-state index contributed by atoms with van der Waals surface area (Å²) in [5.74, 6) is 1.19. The Bertz CT molecular complexity index is 676. The van der Waals surface area contributed by atoms with Crippen LogP contribution in [0, 0.1) is 0 Å². The van der Waals surface area contributed by atoms with Gasteiger partial charge in [-0.1, -0.05) is 24.2 Å². The number of hydrogen-bond donors (Lipinski definition) is 0. The Labute approximate surface area is 143 Å². The summed E-state index contributed by atoms with van der Waals surface area (Å²) < 4.78 is 5.41. The Kier molecular flexibility index (Phi) is 5.35. The molecule has 1 aliphatic rings. The van der Waals surface area contributed by atoms with Gasteiger partial charge in [0, 0.05) is 52.2 Å². The normalized spacial score (nSPS) is 15.8. The summed E-state index contributed by atoms with van der Waals surface area (Å²) >= 11 is 0. The zero-order chi connectivity index (χ0) is 16.9. The van der Waals surface area contributed by atoms with Crippen LogP contribution < -0.4 is 4.90 Å². The minimum atomic E-state index is 0.241. The van der Waals surface area contributed by atoms with Crippen LogP contribution in [0.3, 0.4) is 0 Å². The third-order valence-electron chi connectivity index (χ3n) is 4.75. The summed E-state index contributed by atoms with van der Waals surface area (Å²) in [6.45, 7) is 10.3. The lowest BCUT2D eigenvalue weighted by Gasteiger charge is -2.35. The number of para-hydroxylation sites is 1. The fourth-order valence-electron chi connectivity index (χ4n) is 3.23. The Balaban J connectivity index is 1.53. The van der Waals surface area contributed by atoms with E-state index in [0.29, 0.717) is 6.42 Å². The minimum absolute atomic E-state index is 0.241.